The fourth-order valence-corrected chi connectivity index (χ4v) is 2.56. The number of nitrogens with two attached hydrogens (primary N) is 1. The molecular formula is C14H14F3NS. The van der Waals surface area contributed by atoms with Crippen LogP contribution < -0.4 is 5.73 Å². The van der Waals surface area contributed by atoms with Crippen molar-refractivity contribution in [3.8, 4) is 0 Å². The Bertz CT molecular complexity index is 502. The van der Waals surface area contributed by atoms with E-state index in [1.54, 1.807) is 11.3 Å². The SMILES string of the molecule is NC(CCc1cccs1)c1ccc(C(F)(F)F)cc1. The third kappa shape index (κ3) is 3.81. The van der Waals surface area contributed by atoms with E-state index >= 15 is 0 Å². The molecule has 0 fully saturated rings. The van der Waals surface area contributed by atoms with Gasteiger partial charge in [0, 0.05) is 10.9 Å². The van der Waals surface area contributed by atoms with Crippen LogP contribution in [0.3, 0.4) is 0 Å². The fraction of sp³-hybridized carbons (Fsp3) is 0.286. The lowest BCUT2D eigenvalue weighted by Gasteiger charge is -2.13. The van der Waals surface area contributed by atoms with Crippen molar-refractivity contribution < 1.29 is 13.2 Å². The minimum atomic E-state index is -4.29. The summed E-state index contributed by atoms with van der Waals surface area (Å²) in [5.74, 6) is 0. The van der Waals surface area contributed by atoms with Crippen LogP contribution in [-0.4, -0.2) is 0 Å². The summed E-state index contributed by atoms with van der Waals surface area (Å²) in [4.78, 5) is 1.24. The highest BCUT2D eigenvalue weighted by Gasteiger charge is 2.30. The molecule has 1 unspecified atom stereocenters. The Hall–Kier alpha value is -1.33. The van der Waals surface area contributed by atoms with Gasteiger partial charge in [0.25, 0.3) is 0 Å². The second kappa shape index (κ2) is 5.75. The lowest BCUT2D eigenvalue weighted by molar-refractivity contribution is -0.137. The molecule has 0 amide bonds. The summed E-state index contributed by atoms with van der Waals surface area (Å²) in [7, 11) is 0. The van der Waals surface area contributed by atoms with Crippen molar-refractivity contribution in [1.29, 1.82) is 0 Å². The van der Waals surface area contributed by atoms with Crippen LogP contribution in [0.15, 0.2) is 41.8 Å². The molecule has 0 spiro atoms. The molecule has 0 aliphatic heterocycles. The summed E-state index contributed by atoms with van der Waals surface area (Å²) < 4.78 is 37.3. The minimum absolute atomic E-state index is 0.232. The summed E-state index contributed by atoms with van der Waals surface area (Å²) in [5.41, 5.74) is 6.10. The normalized spacial score (nSPS) is 13.5. The molecule has 1 atom stereocenters. The number of alkyl halides is 3. The molecule has 0 radical (unpaired) electrons. The predicted molar refractivity (Wildman–Crippen MR) is 71.0 cm³/mol. The molecule has 2 aromatic rings. The fourth-order valence-electron chi connectivity index (χ4n) is 1.84. The molecule has 19 heavy (non-hydrogen) atoms. The Morgan fingerprint density at radius 2 is 1.79 bits per heavy atom. The van der Waals surface area contributed by atoms with Crippen LogP contribution in [0.1, 0.15) is 28.5 Å². The molecule has 1 heterocycles. The first kappa shape index (κ1) is 14.1. The second-order valence-corrected chi connectivity index (χ2v) is 5.38. The average molecular weight is 285 g/mol. The third-order valence-corrected chi connectivity index (χ3v) is 3.88. The summed E-state index contributed by atoms with van der Waals surface area (Å²) >= 11 is 1.66. The van der Waals surface area contributed by atoms with Gasteiger partial charge in [0.1, 0.15) is 0 Å². The Morgan fingerprint density at radius 1 is 1.11 bits per heavy atom. The Morgan fingerprint density at radius 3 is 2.32 bits per heavy atom. The summed E-state index contributed by atoms with van der Waals surface area (Å²) in [6, 6.07) is 8.86. The van der Waals surface area contributed by atoms with Gasteiger partial charge in [-0.25, -0.2) is 0 Å². The van der Waals surface area contributed by atoms with Crippen molar-refractivity contribution in [3.05, 3.63) is 57.8 Å². The number of thiophene rings is 1. The standard InChI is InChI=1S/C14H14F3NS/c15-14(16,17)11-5-3-10(4-6-11)13(18)8-7-12-2-1-9-19-12/h1-6,9,13H,7-8,18H2. The van der Waals surface area contributed by atoms with Crippen LogP contribution in [-0.2, 0) is 12.6 Å². The Kier molecular flexibility index (Phi) is 4.27. The molecule has 2 rings (SSSR count). The number of aryl methyl sites for hydroxylation is 1. The van der Waals surface area contributed by atoms with E-state index in [-0.39, 0.29) is 6.04 Å². The number of halogens is 3. The third-order valence-electron chi connectivity index (χ3n) is 2.95. The van der Waals surface area contributed by atoms with E-state index < -0.39 is 11.7 Å². The molecular weight excluding hydrogens is 271 g/mol. The van der Waals surface area contributed by atoms with E-state index in [0.717, 1.165) is 30.5 Å². The molecule has 1 aromatic carbocycles. The van der Waals surface area contributed by atoms with Gasteiger partial charge in [-0.2, -0.15) is 13.2 Å². The van der Waals surface area contributed by atoms with Gasteiger partial charge in [-0.1, -0.05) is 18.2 Å². The first-order chi connectivity index (χ1) is 8.97. The van der Waals surface area contributed by atoms with Crippen LogP contribution >= 0.6 is 11.3 Å². The van der Waals surface area contributed by atoms with E-state index in [0.29, 0.717) is 0 Å². The highest BCUT2D eigenvalue weighted by atomic mass is 32.1. The monoisotopic (exact) mass is 285 g/mol. The number of hydrogen-bond acceptors (Lipinski definition) is 2. The number of hydrogen-bond donors (Lipinski definition) is 1. The highest BCUT2D eigenvalue weighted by molar-refractivity contribution is 7.09. The molecule has 1 aromatic heterocycles. The Balaban J connectivity index is 1.97. The smallest absolute Gasteiger partial charge is 0.324 e. The van der Waals surface area contributed by atoms with Crippen molar-refractivity contribution in [3.63, 3.8) is 0 Å². The van der Waals surface area contributed by atoms with E-state index in [1.807, 2.05) is 17.5 Å². The van der Waals surface area contributed by atoms with Gasteiger partial charge in [-0.05, 0) is 42.0 Å². The largest absolute Gasteiger partial charge is 0.416 e. The van der Waals surface area contributed by atoms with Crippen LogP contribution in [0.4, 0.5) is 13.2 Å². The quantitative estimate of drug-likeness (QED) is 0.885. The van der Waals surface area contributed by atoms with Gasteiger partial charge in [0.15, 0.2) is 0 Å². The second-order valence-electron chi connectivity index (χ2n) is 4.34. The zero-order chi connectivity index (χ0) is 13.9. The Labute approximate surface area is 113 Å². The van der Waals surface area contributed by atoms with E-state index in [1.165, 1.54) is 17.0 Å². The topological polar surface area (TPSA) is 26.0 Å². The zero-order valence-electron chi connectivity index (χ0n) is 10.2. The van der Waals surface area contributed by atoms with Crippen LogP contribution in [0.25, 0.3) is 0 Å². The molecule has 2 N–H and O–H groups in total. The maximum atomic E-state index is 12.4. The summed E-state index contributed by atoms with van der Waals surface area (Å²) in [6.45, 7) is 0. The number of rotatable bonds is 4. The van der Waals surface area contributed by atoms with Crippen LogP contribution in [0.2, 0.25) is 0 Å². The lowest BCUT2D eigenvalue weighted by atomic mass is 10.0. The van der Waals surface area contributed by atoms with Gasteiger partial charge in [-0.15, -0.1) is 11.3 Å². The highest BCUT2D eigenvalue weighted by Crippen LogP contribution is 2.30. The van der Waals surface area contributed by atoms with Crippen molar-refractivity contribution in [2.75, 3.05) is 0 Å². The number of benzene rings is 1. The van der Waals surface area contributed by atoms with Crippen molar-refractivity contribution in [2.45, 2.75) is 25.1 Å². The van der Waals surface area contributed by atoms with Crippen molar-refractivity contribution in [1.82, 2.24) is 0 Å². The first-order valence-electron chi connectivity index (χ1n) is 5.92. The maximum absolute atomic E-state index is 12.4. The minimum Gasteiger partial charge on any atom is -0.324 e. The molecule has 0 saturated heterocycles. The molecule has 0 aliphatic rings. The van der Waals surface area contributed by atoms with E-state index in [2.05, 4.69) is 0 Å². The predicted octanol–water partition coefficient (Wildman–Crippen LogP) is 4.40. The zero-order valence-corrected chi connectivity index (χ0v) is 11.0. The molecule has 5 heteroatoms. The maximum Gasteiger partial charge on any atom is 0.416 e. The van der Waals surface area contributed by atoms with Gasteiger partial charge in [0.2, 0.25) is 0 Å². The van der Waals surface area contributed by atoms with Gasteiger partial charge in [0.05, 0.1) is 5.56 Å². The summed E-state index contributed by atoms with van der Waals surface area (Å²) in [6.07, 6.45) is -2.72. The van der Waals surface area contributed by atoms with E-state index in [9.17, 15) is 13.2 Å². The lowest BCUT2D eigenvalue weighted by Crippen LogP contribution is -2.12. The molecule has 102 valence electrons. The van der Waals surface area contributed by atoms with E-state index in [4.69, 9.17) is 5.73 Å². The van der Waals surface area contributed by atoms with Gasteiger partial charge < -0.3 is 5.73 Å². The summed E-state index contributed by atoms with van der Waals surface area (Å²) in [5, 5.41) is 2.00. The molecule has 0 aliphatic carbocycles. The van der Waals surface area contributed by atoms with Crippen LogP contribution in [0.5, 0.6) is 0 Å². The van der Waals surface area contributed by atoms with Crippen molar-refractivity contribution >= 4 is 11.3 Å². The van der Waals surface area contributed by atoms with Crippen LogP contribution in [0, 0.1) is 0 Å². The average Bonchev–Trinajstić information content (AvgIpc) is 2.88. The van der Waals surface area contributed by atoms with Gasteiger partial charge in [-0.3, -0.25) is 0 Å². The van der Waals surface area contributed by atoms with Gasteiger partial charge >= 0.3 is 6.18 Å². The molecule has 0 saturated carbocycles. The molecule has 1 nitrogen and oxygen atoms in total. The van der Waals surface area contributed by atoms with Crippen molar-refractivity contribution in [2.24, 2.45) is 5.73 Å². The first-order valence-corrected chi connectivity index (χ1v) is 6.80. The molecule has 0 bridgehead atoms.